The van der Waals surface area contributed by atoms with Gasteiger partial charge in [0.1, 0.15) is 0 Å². The van der Waals surface area contributed by atoms with Gasteiger partial charge in [-0.05, 0) is 0 Å². The molecule has 0 bridgehead atoms. The smallest absolute Gasteiger partial charge is 0.854 e. The summed E-state index contributed by atoms with van der Waals surface area (Å²) < 4.78 is 0. The van der Waals surface area contributed by atoms with Gasteiger partial charge in [0.25, 0.3) is 0 Å². The van der Waals surface area contributed by atoms with Gasteiger partial charge in [-0.3, -0.25) is 0 Å². The Morgan fingerprint density at radius 1 is 0.351 bits per heavy atom. The summed E-state index contributed by atoms with van der Waals surface area (Å²) in [5.41, 5.74) is 0. The standard InChI is InChI=1S/4C8H17O.Ti/c4*1-3-5-6-8(4-2)7-9;/h4*8H,3-7H2,1-2H3;/q4*-1;+4. The van der Waals surface area contributed by atoms with Crippen molar-refractivity contribution in [2.24, 2.45) is 23.7 Å². The molecule has 224 valence electrons. The van der Waals surface area contributed by atoms with Gasteiger partial charge in [0.2, 0.25) is 0 Å². The van der Waals surface area contributed by atoms with Gasteiger partial charge < -0.3 is 20.4 Å². The van der Waals surface area contributed by atoms with E-state index in [1.54, 1.807) is 0 Å². The van der Waals surface area contributed by atoms with Crippen molar-refractivity contribution in [3.63, 3.8) is 0 Å². The molecule has 0 aliphatic carbocycles. The van der Waals surface area contributed by atoms with Crippen molar-refractivity contribution in [3.8, 4) is 0 Å². The Morgan fingerprint density at radius 2 is 0.514 bits per heavy atom. The van der Waals surface area contributed by atoms with Crippen LogP contribution in [-0.4, -0.2) is 26.4 Å². The first-order valence-electron chi connectivity index (χ1n) is 15.7. The molecule has 0 spiro atoms. The maximum atomic E-state index is 10.4. The molecular weight excluding hydrogens is 496 g/mol. The van der Waals surface area contributed by atoms with Gasteiger partial charge in [-0.2, -0.15) is 0 Å². The van der Waals surface area contributed by atoms with Crippen molar-refractivity contribution in [2.75, 3.05) is 26.4 Å². The average Bonchev–Trinajstić information content (AvgIpc) is 2.92. The van der Waals surface area contributed by atoms with Crippen LogP contribution in [0.2, 0.25) is 0 Å². The summed E-state index contributed by atoms with van der Waals surface area (Å²) in [5.74, 6) is 1.80. The van der Waals surface area contributed by atoms with E-state index in [-0.39, 0.29) is 48.1 Å². The largest absolute Gasteiger partial charge is 4.00 e. The molecule has 4 atom stereocenters. The third-order valence-electron chi connectivity index (χ3n) is 7.12. The van der Waals surface area contributed by atoms with Crippen LogP contribution in [0.3, 0.4) is 0 Å². The van der Waals surface area contributed by atoms with Crippen LogP contribution in [0.15, 0.2) is 0 Å². The summed E-state index contributed by atoms with van der Waals surface area (Å²) in [7, 11) is 0. The summed E-state index contributed by atoms with van der Waals surface area (Å²) in [5, 5.41) is 41.5. The Kier molecular flexibility index (Phi) is 55.8. The van der Waals surface area contributed by atoms with E-state index in [4.69, 9.17) is 0 Å². The van der Waals surface area contributed by atoms with E-state index in [1.807, 2.05) is 0 Å². The fraction of sp³-hybridized carbons (Fsp3) is 1.00. The summed E-state index contributed by atoms with van der Waals surface area (Å²) in [6, 6.07) is 0. The minimum Gasteiger partial charge on any atom is -0.854 e. The minimum atomic E-state index is 0. The molecule has 0 saturated carbocycles. The molecule has 0 fully saturated rings. The van der Waals surface area contributed by atoms with Crippen molar-refractivity contribution < 1.29 is 42.1 Å². The Hall–Kier alpha value is 0.554. The Morgan fingerprint density at radius 3 is 0.595 bits per heavy atom. The summed E-state index contributed by atoms with van der Waals surface area (Å²) >= 11 is 0. The van der Waals surface area contributed by atoms with Gasteiger partial charge in [0, 0.05) is 0 Å². The summed E-state index contributed by atoms with van der Waals surface area (Å²) in [6.45, 7) is 17.5. The third kappa shape index (κ3) is 41.2. The van der Waals surface area contributed by atoms with Gasteiger partial charge in [-0.15, -0.1) is 26.4 Å². The molecule has 0 radical (unpaired) electrons. The first-order chi connectivity index (χ1) is 17.4. The Balaban J connectivity index is -0.000000122. The van der Waals surface area contributed by atoms with Crippen molar-refractivity contribution >= 4 is 0 Å². The number of hydrogen-bond acceptors (Lipinski definition) is 4. The van der Waals surface area contributed by atoms with E-state index in [1.165, 1.54) is 51.4 Å². The van der Waals surface area contributed by atoms with Crippen LogP contribution in [-0.2, 0) is 21.7 Å². The molecule has 0 amide bonds. The molecule has 0 saturated heterocycles. The maximum Gasteiger partial charge on any atom is 4.00 e. The van der Waals surface area contributed by atoms with Crippen LogP contribution in [0, 0.1) is 23.7 Å². The number of hydrogen-bond donors (Lipinski definition) is 0. The average molecular weight is 565 g/mol. The van der Waals surface area contributed by atoms with E-state index in [2.05, 4.69) is 55.4 Å². The fourth-order valence-electron chi connectivity index (χ4n) is 3.59. The van der Waals surface area contributed by atoms with E-state index in [0.29, 0.717) is 23.7 Å². The summed E-state index contributed by atoms with van der Waals surface area (Å²) in [4.78, 5) is 0. The van der Waals surface area contributed by atoms with Crippen LogP contribution in [0.1, 0.15) is 158 Å². The topological polar surface area (TPSA) is 92.2 Å². The molecule has 0 N–H and O–H groups in total. The van der Waals surface area contributed by atoms with E-state index < -0.39 is 0 Å². The molecule has 0 aliphatic heterocycles. The number of rotatable bonds is 20. The third-order valence-corrected chi connectivity index (χ3v) is 7.12. The molecule has 0 rings (SSSR count). The minimum absolute atomic E-state index is 0. The maximum absolute atomic E-state index is 10.4. The second kappa shape index (κ2) is 43.6. The quantitative estimate of drug-likeness (QED) is 0.163. The molecule has 0 aromatic heterocycles. The van der Waals surface area contributed by atoms with E-state index in [0.717, 1.165) is 51.4 Å². The van der Waals surface area contributed by atoms with Crippen molar-refractivity contribution in [2.45, 2.75) is 158 Å². The van der Waals surface area contributed by atoms with Gasteiger partial charge >= 0.3 is 21.7 Å². The number of unbranched alkanes of at least 4 members (excludes halogenated alkanes) is 4. The van der Waals surface area contributed by atoms with E-state index in [9.17, 15) is 20.4 Å². The summed E-state index contributed by atoms with van der Waals surface area (Å²) in [6.07, 6.45) is 18.5. The molecule has 37 heavy (non-hydrogen) atoms. The molecule has 4 nitrogen and oxygen atoms in total. The molecule has 0 heterocycles. The molecule has 4 unspecified atom stereocenters. The van der Waals surface area contributed by atoms with E-state index >= 15 is 0 Å². The van der Waals surface area contributed by atoms with Crippen LogP contribution in [0.4, 0.5) is 0 Å². The zero-order valence-electron chi connectivity index (χ0n) is 26.6. The van der Waals surface area contributed by atoms with Crippen LogP contribution in [0.25, 0.3) is 0 Å². The van der Waals surface area contributed by atoms with Crippen LogP contribution < -0.4 is 20.4 Å². The Bertz CT molecular complexity index is 265. The predicted molar refractivity (Wildman–Crippen MR) is 153 cm³/mol. The van der Waals surface area contributed by atoms with Gasteiger partial charge in [0.15, 0.2) is 0 Å². The molecule has 5 heteroatoms. The first kappa shape index (κ1) is 47.3. The predicted octanol–water partition coefficient (Wildman–Crippen LogP) is 6.25. The Labute approximate surface area is 249 Å². The zero-order valence-corrected chi connectivity index (χ0v) is 28.1. The second-order valence-corrected chi connectivity index (χ2v) is 10.3. The van der Waals surface area contributed by atoms with Crippen molar-refractivity contribution in [3.05, 3.63) is 0 Å². The molecule has 0 aromatic rings. The zero-order chi connectivity index (χ0) is 28.5. The van der Waals surface area contributed by atoms with Gasteiger partial charge in [-0.25, -0.2) is 0 Å². The molecular formula is C32H68O4Ti. The SMILES string of the molecule is CCCCC(CC)C[O-].CCCCC(CC)C[O-].CCCCC(CC)C[O-].CCCCC(CC)C[O-].[Ti+4]. The monoisotopic (exact) mass is 564 g/mol. The molecule has 0 aliphatic rings. The fourth-order valence-corrected chi connectivity index (χ4v) is 3.59. The van der Waals surface area contributed by atoms with Gasteiger partial charge in [-0.1, -0.05) is 182 Å². The second-order valence-electron chi connectivity index (χ2n) is 10.3. The van der Waals surface area contributed by atoms with Crippen molar-refractivity contribution in [1.29, 1.82) is 0 Å². The molecule has 0 aromatic carbocycles. The van der Waals surface area contributed by atoms with Crippen LogP contribution in [0.5, 0.6) is 0 Å². The van der Waals surface area contributed by atoms with Gasteiger partial charge in [0.05, 0.1) is 0 Å². The van der Waals surface area contributed by atoms with Crippen LogP contribution >= 0.6 is 0 Å². The first-order valence-corrected chi connectivity index (χ1v) is 15.7. The normalized spacial score (nSPS) is 13.3. The van der Waals surface area contributed by atoms with Crippen molar-refractivity contribution in [1.82, 2.24) is 0 Å².